The van der Waals surface area contributed by atoms with Crippen molar-refractivity contribution in [1.29, 1.82) is 0 Å². The first kappa shape index (κ1) is 23.4. The first-order valence-electron chi connectivity index (χ1n) is 12.5. The minimum Gasteiger partial charge on any atom is -0.507 e. The number of benzene rings is 4. The molecular weight excluding hydrogens is 504 g/mol. The second kappa shape index (κ2) is 8.12. The number of hydrogen-bond acceptors (Lipinski definition) is 9. The summed E-state index contributed by atoms with van der Waals surface area (Å²) >= 11 is 0. The number of aliphatic hydroxyl groups excluding tert-OH is 1. The van der Waals surface area contributed by atoms with E-state index in [0.29, 0.717) is 45.9 Å². The normalized spacial score (nSPS) is 24.3. The van der Waals surface area contributed by atoms with Crippen LogP contribution in [0.2, 0.25) is 0 Å². The van der Waals surface area contributed by atoms with Crippen LogP contribution >= 0.6 is 0 Å². The van der Waals surface area contributed by atoms with E-state index in [-0.39, 0.29) is 41.1 Å². The van der Waals surface area contributed by atoms with Crippen molar-refractivity contribution in [2.75, 3.05) is 0 Å². The van der Waals surface area contributed by atoms with Crippen LogP contribution < -0.4 is 14.2 Å². The number of aliphatic hydroxyl groups is 1. The average Bonchev–Trinajstić information content (AvgIpc) is 2.91. The topological polar surface area (TPSA) is 149 Å². The third-order valence-electron chi connectivity index (χ3n) is 7.78. The van der Waals surface area contributed by atoms with Gasteiger partial charge in [-0.2, -0.15) is 0 Å². The average molecular weight is 529 g/mol. The summed E-state index contributed by atoms with van der Waals surface area (Å²) in [5, 5.41) is 61.9. The lowest BCUT2D eigenvalue weighted by molar-refractivity contribution is -0.149. The molecule has 0 amide bonds. The van der Waals surface area contributed by atoms with E-state index in [1.807, 2.05) is 24.3 Å². The van der Waals surface area contributed by atoms with Gasteiger partial charge in [-0.05, 0) is 42.0 Å². The fraction of sp³-hybridized carbons (Fsp3) is 0.200. The highest BCUT2D eigenvalue weighted by atomic mass is 16.7. The van der Waals surface area contributed by atoms with Crippen LogP contribution in [0.4, 0.5) is 0 Å². The number of phenols is 5. The van der Waals surface area contributed by atoms with Crippen LogP contribution in [0.5, 0.6) is 46.0 Å². The molecule has 4 aromatic rings. The van der Waals surface area contributed by atoms with Gasteiger partial charge in [-0.25, -0.2) is 0 Å². The Balaban J connectivity index is 1.41. The van der Waals surface area contributed by atoms with E-state index in [9.17, 15) is 30.6 Å². The Kier molecular flexibility index (Phi) is 4.86. The zero-order valence-electron chi connectivity index (χ0n) is 20.4. The number of rotatable bonds is 2. The van der Waals surface area contributed by atoms with E-state index < -0.39 is 18.0 Å². The van der Waals surface area contributed by atoms with Crippen molar-refractivity contribution in [2.45, 2.75) is 36.8 Å². The second-order valence-corrected chi connectivity index (χ2v) is 10.1. The molecule has 2 unspecified atom stereocenters. The summed E-state index contributed by atoms with van der Waals surface area (Å²) < 4.78 is 19.3. The largest absolute Gasteiger partial charge is 0.507 e. The van der Waals surface area contributed by atoms with Gasteiger partial charge in [0.2, 0.25) is 0 Å². The van der Waals surface area contributed by atoms with E-state index >= 15 is 0 Å². The van der Waals surface area contributed by atoms with Gasteiger partial charge >= 0.3 is 0 Å². The van der Waals surface area contributed by atoms with Crippen LogP contribution in [0, 0.1) is 0 Å². The molecule has 9 heteroatoms. The van der Waals surface area contributed by atoms with E-state index in [0.717, 1.165) is 5.56 Å². The molecule has 0 aliphatic carbocycles. The van der Waals surface area contributed by atoms with Crippen molar-refractivity contribution in [1.82, 2.24) is 0 Å². The molecule has 0 radical (unpaired) electrons. The Morgan fingerprint density at radius 2 is 1.44 bits per heavy atom. The lowest BCUT2D eigenvalue weighted by Gasteiger charge is -2.47. The Bertz CT molecular complexity index is 1650. The molecule has 3 aliphatic rings. The maximum atomic E-state index is 11.0. The van der Waals surface area contributed by atoms with Gasteiger partial charge in [0.25, 0.3) is 5.79 Å². The molecule has 2 bridgehead atoms. The van der Waals surface area contributed by atoms with Crippen molar-refractivity contribution in [3.63, 3.8) is 0 Å². The lowest BCUT2D eigenvalue weighted by Crippen LogP contribution is -2.47. The van der Waals surface area contributed by atoms with Crippen molar-refractivity contribution in [3.8, 4) is 46.0 Å². The molecule has 0 spiro atoms. The highest BCUT2D eigenvalue weighted by molar-refractivity contribution is 5.65. The molecule has 198 valence electrons. The summed E-state index contributed by atoms with van der Waals surface area (Å²) in [5.74, 6) is -1.76. The maximum absolute atomic E-state index is 11.0. The minimum absolute atomic E-state index is 0.0859. The number of phenolic OH excluding ortho intramolecular Hbond substituents is 5. The highest BCUT2D eigenvalue weighted by Gasteiger charge is 2.52. The van der Waals surface area contributed by atoms with Gasteiger partial charge in [-0.15, -0.1) is 0 Å². The van der Waals surface area contributed by atoms with Gasteiger partial charge in [-0.3, -0.25) is 0 Å². The zero-order valence-corrected chi connectivity index (χ0v) is 20.4. The number of hydrogen-bond donors (Lipinski definition) is 6. The summed E-state index contributed by atoms with van der Waals surface area (Å²) in [7, 11) is 0. The monoisotopic (exact) mass is 528 g/mol. The standard InChI is InChI=1S/C30H24O9/c31-19-7-5-14(9-22(19)34)28-24(36)11-17-21(33)12-26-27(29(17)37-28)18-13-30(39-26,15-6-8-20(32)23(35)10-15)38-25-4-2-1-3-16(18)25/h1-10,12,18,24,28,31-36H,11,13H2/t18?,24-,28+,30?/m0/s1. The van der Waals surface area contributed by atoms with Crippen LogP contribution in [-0.4, -0.2) is 36.7 Å². The van der Waals surface area contributed by atoms with E-state index in [2.05, 4.69) is 0 Å². The molecule has 3 aliphatic heterocycles. The minimum atomic E-state index is -1.37. The second-order valence-electron chi connectivity index (χ2n) is 10.1. The van der Waals surface area contributed by atoms with Crippen LogP contribution in [0.1, 0.15) is 46.3 Å². The number of aromatic hydroxyl groups is 5. The van der Waals surface area contributed by atoms with Crippen LogP contribution in [0.3, 0.4) is 0 Å². The predicted octanol–water partition coefficient (Wildman–Crippen LogP) is 4.41. The summed E-state index contributed by atoms with van der Waals surface area (Å²) in [6, 6.07) is 17.6. The van der Waals surface area contributed by atoms with Gasteiger partial charge in [-0.1, -0.05) is 24.3 Å². The molecule has 0 aromatic heterocycles. The van der Waals surface area contributed by atoms with Gasteiger partial charge in [0.15, 0.2) is 23.0 Å². The van der Waals surface area contributed by atoms with Gasteiger partial charge in [0.05, 0.1) is 6.10 Å². The number of fused-ring (bicyclic) bond motifs is 8. The fourth-order valence-corrected chi connectivity index (χ4v) is 5.91. The molecule has 39 heavy (non-hydrogen) atoms. The van der Waals surface area contributed by atoms with E-state index in [1.54, 1.807) is 12.1 Å². The third kappa shape index (κ3) is 3.43. The molecule has 4 atom stereocenters. The summed E-state index contributed by atoms with van der Waals surface area (Å²) in [4.78, 5) is 0. The van der Waals surface area contributed by atoms with Crippen molar-refractivity contribution >= 4 is 0 Å². The molecular formula is C30H24O9. The van der Waals surface area contributed by atoms with Gasteiger partial charge in [0, 0.05) is 47.1 Å². The molecule has 0 fully saturated rings. The summed E-state index contributed by atoms with van der Waals surface area (Å²) in [6.07, 6.45) is -1.53. The zero-order chi connectivity index (χ0) is 27.1. The maximum Gasteiger partial charge on any atom is 0.279 e. The van der Waals surface area contributed by atoms with Crippen molar-refractivity contribution in [2.24, 2.45) is 0 Å². The molecule has 0 saturated heterocycles. The Morgan fingerprint density at radius 3 is 2.21 bits per heavy atom. The van der Waals surface area contributed by atoms with Crippen LogP contribution in [0.15, 0.2) is 66.7 Å². The number of ether oxygens (including phenoxy) is 3. The molecule has 6 N–H and O–H groups in total. The number of para-hydroxylation sites is 1. The molecule has 3 heterocycles. The van der Waals surface area contributed by atoms with E-state index in [1.165, 1.54) is 30.3 Å². The van der Waals surface area contributed by atoms with Gasteiger partial charge in [0.1, 0.15) is 29.1 Å². The van der Waals surface area contributed by atoms with E-state index in [4.69, 9.17) is 14.2 Å². The van der Waals surface area contributed by atoms with Crippen molar-refractivity contribution in [3.05, 3.63) is 94.5 Å². The highest BCUT2D eigenvalue weighted by Crippen LogP contribution is 2.60. The van der Waals surface area contributed by atoms with Crippen LogP contribution in [0.25, 0.3) is 0 Å². The molecule has 9 nitrogen and oxygen atoms in total. The Labute approximate surface area is 222 Å². The van der Waals surface area contributed by atoms with Crippen molar-refractivity contribution < 1.29 is 44.8 Å². The predicted molar refractivity (Wildman–Crippen MR) is 137 cm³/mol. The van der Waals surface area contributed by atoms with Gasteiger partial charge < -0.3 is 44.8 Å². The fourth-order valence-electron chi connectivity index (χ4n) is 5.91. The SMILES string of the molecule is Oc1ccc([C@H]2Oc3c(c(O)cc4c3C3CC(c5ccc(O)c(O)c5)(Oc5ccccc53)O4)C[C@@H]2O)cc1O. The quantitative estimate of drug-likeness (QED) is 0.208. The lowest BCUT2D eigenvalue weighted by atomic mass is 9.76. The Hall–Kier alpha value is -4.76. The first-order chi connectivity index (χ1) is 18.7. The third-order valence-corrected chi connectivity index (χ3v) is 7.78. The summed E-state index contributed by atoms with van der Waals surface area (Å²) in [6.45, 7) is 0. The van der Waals surface area contributed by atoms with Crippen LogP contribution in [-0.2, 0) is 12.2 Å². The molecule has 0 saturated carbocycles. The molecule has 7 rings (SSSR count). The smallest absolute Gasteiger partial charge is 0.279 e. The summed E-state index contributed by atoms with van der Waals surface area (Å²) in [5.41, 5.74) is 2.93. The Morgan fingerprint density at radius 1 is 0.718 bits per heavy atom. The first-order valence-corrected chi connectivity index (χ1v) is 12.5. The molecule has 4 aromatic carbocycles.